The van der Waals surface area contributed by atoms with Gasteiger partial charge in [0.25, 0.3) is 0 Å². The molecule has 0 spiro atoms. The van der Waals surface area contributed by atoms with Gasteiger partial charge >= 0.3 is 0 Å². The van der Waals surface area contributed by atoms with E-state index in [0.29, 0.717) is 0 Å². The Morgan fingerprint density at radius 1 is 0.857 bits per heavy atom. The molecule has 2 heteroatoms. The van der Waals surface area contributed by atoms with E-state index in [1.807, 2.05) is 18.2 Å². The van der Waals surface area contributed by atoms with E-state index in [1.54, 1.807) is 0 Å². The van der Waals surface area contributed by atoms with E-state index in [4.69, 9.17) is 4.42 Å². The Labute approximate surface area is 82.7 Å². The third-order valence-electron chi connectivity index (χ3n) is 2.53. The standard InChI is InChI=1S/C12H9BO/c13-8-5-6-10-9-3-1-2-4-11(9)14-12(10)7-8/h1-7H,13H2. The van der Waals surface area contributed by atoms with Crippen LogP contribution in [0.4, 0.5) is 0 Å². The molecule has 0 unspecified atom stereocenters. The molecule has 0 fully saturated rings. The van der Waals surface area contributed by atoms with Gasteiger partial charge in [0, 0.05) is 10.8 Å². The summed E-state index contributed by atoms with van der Waals surface area (Å²) in [5.74, 6) is 0. The molecule has 0 aliphatic heterocycles. The molecule has 0 aliphatic rings. The summed E-state index contributed by atoms with van der Waals surface area (Å²) in [6.45, 7) is 0. The van der Waals surface area contributed by atoms with Gasteiger partial charge in [0.15, 0.2) is 0 Å². The maximum Gasteiger partial charge on any atom is 0.139 e. The van der Waals surface area contributed by atoms with Crippen molar-refractivity contribution in [2.24, 2.45) is 0 Å². The van der Waals surface area contributed by atoms with Crippen LogP contribution in [0.15, 0.2) is 46.9 Å². The third kappa shape index (κ3) is 0.972. The zero-order chi connectivity index (χ0) is 9.54. The molecule has 1 aromatic heterocycles. The lowest BCUT2D eigenvalue weighted by Gasteiger charge is -1.90. The van der Waals surface area contributed by atoms with Gasteiger partial charge in [-0.25, -0.2) is 0 Å². The van der Waals surface area contributed by atoms with Crippen molar-refractivity contribution in [2.45, 2.75) is 0 Å². The van der Waals surface area contributed by atoms with Gasteiger partial charge in [-0.2, -0.15) is 0 Å². The highest BCUT2D eigenvalue weighted by Crippen LogP contribution is 2.27. The van der Waals surface area contributed by atoms with Gasteiger partial charge in [-0.1, -0.05) is 35.8 Å². The minimum atomic E-state index is 0.966. The lowest BCUT2D eigenvalue weighted by atomic mass is 9.95. The maximum atomic E-state index is 5.73. The zero-order valence-electron chi connectivity index (χ0n) is 7.95. The van der Waals surface area contributed by atoms with Crippen LogP contribution >= 0.6 is 0 Å². The molecule has 1 heterocycles. The normalized spacial score (nSPS) is 11.1. The molecule has 1 nitrogen and oxygen atoms in total. The Bertz CT molecular complexity index is 610. The SMILES string of the molecule is Bc1ccc2c(c1)oc1ccccc12. The molecular weight excluding hydrogens is 171 g/mol. The van der Waals surface area contributed by atoms with Crippen LogP contribution in [0.1, 0.15) is 0 Å². The number of hydrogen-bond acceptors (Lipinski definition) is 1. The minimum Gasteiger partial charge on any atom is -0.456 e. The average Bonchev–Trinajstić information content (AvgIpc) is 2.54. The number of benzene rings is 2. The lowest BCUT2D eigenvalue weighted by molar-refractivity contribution is 0.669. The van der Waals surface area contributed by atoms with Crippen LogP contribution < -0.4 is 5.46 Å². The zero-order valence-corrected chi connectivity index (χ0v) is 7.95. The molecule has 0 amide bonds. The fourth-order valence-corrected chi connectivity index (χ4v) is 1.83. The summed E-state index contributed by atoms with van der Waals surface area (Å²) >= 11 is 0. The number of rotatable bonds is 0. The molecule has 0 aliphatic carbocycles. The van der Waals surface area contributed by atoms with E-state index in [9.17, 15) is 0 Å². The predicted octanol–water partition coefficient (Wildman–Crippen LogP) is 1.84. The molecule has 2 aromatic carbocycles. The second-order valence-electron chi connectivity index (χ2n) is 3.60. The minimum absolute atomic E-state index is 0.966. The average molecular weight is 180 g/mol. The Morgan fingerprint density at radius 3 is 2.57 bits per heavy atom. The molecule has 0 bridgehead atoms. The van der Waals surface area contributed by atoms with E-state index in [-0.39, 0.29) is 0 Å². The van der Waals surface area contributed by atoms with Crippen molar-refractivity contribution in [3.63, 3.8) is 0 Å². The van der Waals surface area contributed by atoms with Crippen molar-refractivity contribution in [3.8, 4) is 0 Å². The van der Waals surface area contributed by atoms with Gasteiger partial charge in [0.05, 0.1) is 0 Å². The van der Waals surface area contributed by atoms with Gasteiger partial charge in [-0.15, -0.1) is 0 Å². The molecule has 0 saturated carbocycles. The highest BCUT2D eigenvalue weighted by Gasteiger charge is 2.04. The third-order valence-corrected chi connectivity index (χ3v) is 2.53. The Balaban J connectivity index is 2.57. The molecule has 0 radical (unpaired) electrons. The number of para-hydroxylation sites is 1. The number of furan rings is 1. The van der Waals surface area contributed by atoms with Crippen molar-refractivity contribution >= 4 is 35.2 Å². The topological polar surface area (TPSA) is 13.1 Å². The highest BCUT2D eigenvalue weighted by molar-refractivity contribution is 6.33. The second kappa shape index (κ2) is 2.64. The van der Waals surface area contributed by atoms with Crippen molar-refractivity contribution in [1.29, 1.82) is 0 Å². The van der Waals surface area contributed by atoms with E-state index >= 15 is 0 Å². The molecular formula is C12H9BO. The van der Waals surface area contributed by atoms with Crippen LogP contribution in [0.25, 0.3) is 21.9 Å². The molecule has 66 valence electrons. The van der Waals surface area contributed by atoms with Crippen molar-refractivity contribution in [2.75, 3.05) is 0 Å². The monoisotopic (exact) mass is 180 g/mol. The van der Waals surface area contributed by atoms with E-state index in [1.165, 1.54) is 16.2 Å². The summed E-state index contributed by atoms with van der Waals surface area (Å²) in [5, 5.41) is 2.40. The van der Waals surface area contributed by atoms with E-state index in [0.717, 1.165) is 11.2 Å². The summed E-state index contributed by atoms with van der Waals surface area (Å²) in [6, 6.07) is 14.5. The smallest absolute Gasteiger partial charge is 0.139 e. The van der Waals surface area contributed by atoms with Crippen molar-refractivity contribution < 1.29 is 4.42 Å². The molecule has 3 aromatic rings. The first-order valence-corrected chi connectivity index (χ1v) is 4.72. The highest BCUT2D eigenvalue weighted by atomic mass is 16.3. The van der Waals surface area contributed by atoms with Gasteiger partial charge in [0.2, 0.25) is 0 Å². The first kappa shape index (κ1) is 7.68. The first-order valence-electron chi connectivity index (χ1n) is 4.72. The Hall–Kier alpha value is -1.70. The van der Waals surface area contributed by atoms with Crippen molar-refractivity contribution in [1.82, 2.24) is 0 Å². The largest absolute Gasteiger partial charge is 0.456 e. The van der Waals surface area contributed by atoms with Gasteiger partial charge < -0.3 is 4.42 Å². The molecule has 3 rings (SSSR count). The van der Waals surface area contributed by atoms with Crippen LogP contribution in [-0.4, -0.2) is 7.85 Å². The number of hydrogen-bond donors (Lipinski definition) is 0. The Kier molecular flexibility index (Phi) is 1.45. The fourth-order valence-electron chi connectivity index (χ4n) is 1.83. The van der Waals surface area contributed by atoms with Gasteiger partial charge in [0.1, 0.15) is 19.0 Å². The van der Waals surface area contributed by atoms with E-state index < -0.39 is 0 Å². The molecule has 0 N–H and O–H groups in total. The summed E-state index contributed by atoms with van der Waals surface area (Å²) in [7, 11) is 2.08. The lowest BCUT2D eigenvalue weighted by Crippen LogP contribution is -1.98. The maximum absolute atomic E-state index is 5.73. The van der Waals surface area contributed by atoms with Gasteiger partial charge in [-0.05, 0) is 12.1 Å². The van der Waals surface area contributed by atoms with Crippen molar-refractivity contribution in [3.05, 3.63) is 42.5 Å². The molecule has 0 saturated heterocycles. The number of fused-ring (bicyclic) bond motifs is 3. The predicted molar refractivity (Wildman–Crippen MR) is 61.9 cm³/mol. The molecule has 14 heavy (non-hydrogen) atoms. The first-order chi connectivity index (χ1) is 6.84. The molecule has 0 atom stereocenters. The van der Waals surface area contributed by atoms with Crippen LogP contribution in [-0.2, 0) is 0 Å². The van der Waals surface area contributed by atoms with Gasteiger partial charge in [-0.3, -0.25) is 0 Å². The Morgan fingerprint density at radius 2 is 1.64 bits per heavy atom. The summed E-state index contributed by atoms with van der Waals surface area (Å²) < 4.78 is 5.73. The summed E-state index contributed by atoms with van der Waals surface area (Å²) in [5.41, 5.74) is 3.18. The quantitative estimate of drug-likeness (QED) is 0.481. The van der Waals surface area contributed by atoms with Crippen LogP contribution in [0.3, 0.4) is 0 Å². The van der Waals surface area contributed by atoms with Crippen LogP contribution in [0, 0.1) is 0 Å². The second-order valence-corrected chi connectivity index (χ2v) is 3.60. The summed E-state index contributed by atoms with van der Waals surface area (Å²) in [4.78, 5) is 0. The summed E-state index contributed by atoms with van der Waals surface area (Å²) in [6.07, 6.45) is 0. The van der Waals surface area contributed by atoms with Crippen LogP contribution in [0.5, 0.6) is 0 Å². The fraction of sp³-hybridized carbons (Fsp3) is 0. The van der Waals surface area contributed by atoms with E-state index in [2.05, 4.69) is 32.1 Å². The van der Waals surface area contributed by atoms with Crippen LogP contribution in [0.2, 0.25) is 0 Å².